The largest absolute Gasteiger partial charge is 0.573 e. The summed E-state index contributed by atoms with van der Waals surface area (Å²) < 4.78 is 61.6. The molecule has 0 unspecified atom stereocenters. The van der Waals surface area contributed by atoms with Gasteiger partial charge in [-0.15, -0.1) is 13.2 Å². The van der Waals surface area contributed by atoms with Crippen LogP contribution in [-0.4, -0.2) is 52.0 Å². The molecule has 2 fully saturated rings. The molecule has 1 N–H and O–H groups in total. The zero-order chi connectivity index (χ0) is 25.4. The van der Waals surface area contributed by atoms with Gasteiger partial charge in [0.05, 0.1) is 18.2 Å². The molecule has 2 saturated heterocycles. The number of rotatable bonds is 7. The monoisotopic (exact) mass is 516 g/mol. The third kappa shape index (κ3) is 5.18. The van der Waals surface area contributed by atoms with E-state index in [0.717, 1.165) is 42.0 Å². The van der Waals surface area contributed by atoms with Gasteiger partial charge in [-0.3, -0.25) is 14.5 Å². The van der Waals surface area contributed by atoms with Gasteiger partial charge in [0.25, 0.3) is 17.4 Å². The number of amides is 2. The Morgan fingerprint density at radius 3 is 2.37 bits per heavy atom. The van der Waals surface area contributed by atoms with E-state index >= 15 is 0 Å². The van der Waals surface area contributed by atoms with Crippen LogP contribution < -0.4 is 15.0 Å². The smallest absolute Gasteiger partial charge is 0.406 e. The number of nitrogens with zero attached hydrogens (tertiary/aromatic N) is 3. The number of benzene rings is 1. The average molecular weight is 517 g/mol. The van der Waals surface area contributed by atoms with Gasteiger partial charge in [0.1, 0.15) is 12.1 Å². The highest BCUT2D eigenvalue weighted by molar-refractivity contribution is 6.32. The predicted octanol–water partition coefficient (Wildman–Crippen LogP) is 3.59. The van der Waals surface area contributed by atoms with Crippen LogP contribution in [0.1, 0.15) is 31.7 Å². The zero-order valence-corrected chi connectivity index (χ0v) is 19.1. The number of alkyl halides is 5. The van der Waals surface area contributed by atoms with Crippen molar-refractivity contribution in [3.63, 3.8) is 0 Å². The summed E-state index contributed by atoms with van der Waals surface area (Å²) >= 11 is 5.50. The van der Waals surface area contributed by atoms with Crippen molar-refractivity contribution in [3.05, 3.63) is 48.5 Å². The molecule has 13 heteroatoms. The predicted molar refractivity (Wildman–Crippen MR) is 115 cm³/mol. The van der Waals surface area contributed by atoms with Crippen LogP contribution in [0.15, 0.2) is 43.0 Å². The molecule has 0 saturated carbocycles. The number of carbonyl (C=O) groups excluding carboxylic acids is 2. The fraction of sp³-hybridized carbons (Fsp3) is 0.455. The molecule has 2 aliphatic rings. The van der Waals surface area contributed by atoms with E-state index in [0.29, 0.717) is 6.42 Å². The van der Waals surface area contributed by atoms with Crippen LogP contribution in [0.25, 0.3) is 0 Å². The molecule has 1 aromatic heterocycles. The second-order valence-electron chi connectivity index (χ2n) is 8.40. The first-order valence-corrected chi connectivity index (χ1v) is 11.1. The standard InChI is InChI=1S/C22H21ClF4N4O4/c1-21(12-9-28-11-29-10-12,20(33)30-16-8-15-6-7-17(16)34-15)31(19(32)18(23)24)13-2-4-14(5-3-13)35-22(25,26)27/h2-5,9-11,15-18H,6-8H2,1H3,(H,30,33)/t15-,16-,17+,18+,21-/m1/s1. The number of fused-ring (bicyclic) bond motifs is 2. The van der Waals surface area contributed by atoms with E-state index < -0.39 is 35.1 Å². The molecule has 2 aromatic rings. The van der Waals surface area contributed by atoms with Crippen molar-refractivity contribution in [3.8, 4) is 5.75 Å². The molecule has 0 aliphatic carbocycles. The lowest BCUT2D eigenvalue weighted by Crippen LogP contribution is -2.60. The van der Waals surface area contributed by atoms with Crippen molar-refractivity contribution in [2.75, 3.05) is 4.90 Å². The van der Waals surface area contributed by atoms with Crippen LogP contribution >= 0.6 is 11.6 Å². The third-order valence-corrected chi connectivity index (χ3v) is 6.36. The molecule has 2 amide bonds. The molecule has 2 bridgehead atoms. The fourth-order valence-electron chi connectivity index (χ4n) is 4.51. The van der Waals surface area contributed by atoms with Gasteiger partial charge in [0.2, 0.25) is 0 Å². The van der Waals surface area contributed by atoms with Gasteiger partial charge in [-0.25, -0.2) is 14.4 Å². The third-order valence-electron chi connectivity index (χ3n) is 6.17. The molecule has 1 aromatic carbocycles. The molecule has 0 spiro atoms. The Hall–Kier alpha value is -2.99. The van der Waals surface area contributed by atoms with Crippen molar-refractivity contribution >= 4 is 29.1 Å². The Labute approximate surface area is 202 Å². The fourth-order valence-corrected chi connectivity index (χ4v) is 4.61. The summed E-state index contributed by atoms with van der Waals surface area (Å²) in [7, 11) is 0. The van der Waals surface area contributed by atoms with E-state index in [4.69, 9.17) is 16.3 Å². The summed E-state index contributed by atoms with van der Waals surface area (Å²) in [5, 5.41) is 2.88. The van der Waals surface area contributed by atoms with Crippen LogP contribution in [0.3, 0.4) is 0 Å². The average Bonchev–Trinajstić information content (AvgIpc) is 3.43. The van der Waals surface area contributed by atoms with Crippen LogP contribution in [0.5, 0.6) is 5.75 Å². The van der Waals surface area contributed by atoms with E-state index in [9.17, 15) is 27.2 Å². The maximum Gasteiger partial charge on any atom is 0.573 e. The summed E-state index contributed by atoms with van der Waals surface area (Å²) in [5.74, 6) is -2.55. The number of halogens is 5. The topological polar surface area (TPSA) is 93.6 Å². The molecule has 0 radical (unpaired) electrons. The normalized spacial score (nSPS) is 23.9. The number of nitrogens with one attached hydrogen (secondary N) is 1. The molecule has 3 heterocycles. The van der Waals surface area contributed by atoms with E-state index in [1.54, 1.807) is 0 Å². The molecular weight excluding hydrogens is 496 g/mol. The summed E-state index contributed by atoms with van der Waals surface area (Å²) in [4.78, 5) is 35.4. The number of hydrogen-bond acceptors (Lipinski definition) is 6. The van der Waals surface area contributed by atoms with E-state index in [1.807, 2.05) is 0 Å². The summed E-state index contributed by atoms with van der Waals surface area (Å²) in [6.45, 7) is 1.35. The molecule has 8 nitrogen and oxygen atoms in total. The highest BCUT2D eigenvalue weighted by Gasteiger charge is 2.50. The Bertz CT molecular complexity index is 1070. The van der Waals surface area contributed by atoms with Crippen LogP contribution in [-0.2, 0) is 19.9 Å². The Morgan fingerprint density at radius 1 is 1.20 bits per heavy atom. The highest BCUT2D eigenvalue weighted by atomic mass is 35.5. The summed E-state index contributed by atoms with van der Waals surface area (Å²) in [6.07, 6.45) is 0.900. The second-order valence-corrected chi connectivity index (χ2v) is 8.79. The van der Waals surface area contributed by atoms with Crippen LogP contribution in [0, 0.1) is 0 Å². The summed E-state index contributed by atoms with van der Waals surface area (Å²) in [5.41, 5.74) is -4.45. The van der Waals surface area contributed by atoms with Gasteiger partial charge in [-0.2, -0.15) is 0 Å². The SMILES string of the molecule is C[C@](C(=O)N[C@@H]1C[C@H]2CC[C@@H]1O2)(c1cncnc1)N(C(=O)[C@H](F)Cl)c1ccc(OC(F)(F)F)cc1. The van der Waals surface area contributed by atoms with Gasteiger partial charge in [-0.1, -0.05) is 11.6 Å². The minimum absolute atomic E-state index is 0.0218. The first-order valence-electron chi connectivity index (χ1n) is 10.7. The lowest BCUT2D eigenvalue weighted by atomic mass is 9.88. The second kappa shape index (κ2) is 9.57. The lowest BCUT2D eigenvalue weighted by molar-refractivity contribution is -0.274. The first kappa shape index (κ1) is 25.1. The van der Waals surface area contributed by atoms with Crippen molar-refractivity contribution < 1.29 is 36.6 Å². The summed E-state index contributed by atoms with van der Waals surface area (Å²) in [6, 6.07) is 3.73. The van der Waals surface area contributed by atoms with Crippen molar-refractivity contribution in [1.82, 2.24) is 15.3 Å². The van der Waals surface area contributed by atoms with Gasteiger partial charge in [0.15, 0.2) is 5.54 Å². The van der Waals surface area contributed by atoms with E-state index in [-0.39, 0.29) is 29.5 Å². The quantitative estimate of drug-likeness (QED) is 0.446. The maximum absolute atomic E-state index is 14.2. The van der Waals surface area contributed by atoms with Crippen molar-refractivity contribution in [1.29, 1.82) is 0 Å². The van der Waals surface area contributed by atoms with Crippen molar-refractivity contribution in [2.45, 2.75) is 62.0 Å². The van der Waals surface area contributed by atoms with E-state index in [1.165, 1.54) is 25.6 Å². The van der Waals surface area contributed by atoms with Gasteiger partial charge in [0, 0.05) is 23.6 Å². The number of hydrogen-bond donors (Lipinski definition) is 1. The molecule has 2 aliphatic heterocycles. The zero-order valence-electron chi connectivity index (χ0n) is 18.3. The Morgan fingerprint density at radius 2 is 1.86 bits per heavy atom. The maximum atomic E-state index is 14.2. The van der Waals surface area contributed by atoms with Crippen LogP contribution in [0.4, 0.5) is 23.2 Å². The highest BCUT2D eigenvalue weighted by Crippen LogP contribution is 2.38. The van der Waals surface area contributed by atoms with Gasteiger partial charge < -0.3 is 14.8 Å². The number of anilines is 1. The molecule has 35 heavy (non-hydrogen) atoms. The lowest BCUT2D eigenvalue weighted by Gasteiger charge is -2.41. The minimum atomic E-state index is -4.93. The minimum Gasteiger partial charge on any atom is -0.406 e. The van der Waals surface area contributed by atoms with Gasteiger partial charge in [-0.05, 0) is 50.5 Å². The molecule has 188 valence electrons. The molecule has 5 atom stereocenters. The number of carbonyl (C=O) groups is 2. The van der Waals surface area contributed by atoms with Gasteiger partial charge >= 0.3 is 6.36 Å². The Kier molecular flexibility index (Phi) is 6.87. The number of aromatic nitrogens is 2. The first-order chi connectivity index (χ1) is 16.5. The van der Waals surface area contributed by atoms with Crippen molar-refractivity contribution in [2.24, 2.45) is 0 Å². The van der Waals surface area contributed by atoms with E-state index in [2.05, 4.69) is 20.0 Å². The van der Waals surface area contributed by atoms with Crippen LogP contribution in [0.2, 0.25) is 0 Å². The molecular formula is C22H21ClF4N4O4. The molecule has 4 rings (SSSR count). The number of ether oxygens (including phenoxy) is 2. The Balaban J connectivity index is 1.75.